The van der Waals surface area contributed by atoms with E-state index in [1.807, 2.05) is 12.1 Å². The number of amides is 1. The molecule has 5 aliphatic rings. The fraction of sp³-hybridized carbons (Fsp3) is 0.421. The van der Waals surface area contributed by atoms with E-state index in [1.54, 1.807) is 18.2 Å². The van der Waals surface area contributed by atoms with Crippen molar-refractivity contribution in [3.8, 4) is 29.3 Å². The van der Waals surface area contributed by atoms with Crippen LogP contribution in [0, 0.1) is 17.9 Å². The second-order valence-corrected chi connectivity index (χ2v) is 13.6. The van der Waals surface area contributed by atoms with Gasteiger partial charge in [0.2, 0.25) is 6.29 Å². The zero-order chi connectivity index (χ0) is 34.9. The summed E-state index contributed by atoms with van der Waals surface area (Å²) in [6, 6.07) is 8.43. The summed E-state index contributed by atoms with van der Waals surface area (Å²) in [5.74, 6) is 2.14. The van der Waals surface area contributed by atoms with E-state index in [2.05, 4.69) is 18.1 Å². The molecule has 12 heteroatoms. The van der Waals surface area contributed by atoms with Crippen LogP contribution in [0.25, 0.3) is 16.8 Å². The third-order valence-electron chi connectivity index (χ3n) is 10.9. The molecule has 3 aromatic carbocycles. The summed E-state index contributed by atoms with van der Waals surface area (Å²) in [6.07, 6.45) is 3.06. The van der Waals surface area contributed by atoms with Gasteiger partial charge in [0.1, 0.15) is 35.6 Å². The third kappa shape index (κ3) is 4.87. The van der Waals surface area contributed by atoms with E-state index in [9.17, 15) is 35.1 Å². The molecule has 12 nitrogen and oxygen atoms in total. The van der Waals surface area contributed by atoms with Crippen molar-refractivity contribution >= 4 is 28.5 Å². The first-order valence-corrected chi connectivity index (χ1v) is 16.8. The van der Waals surface area contributed by atoms with Gasteiger partial charge in [-0.25, -0.2) is 0 Å². The lowest BCUT2D eigenvalue weighted by molar-refractivity contribution is -0.326. The van der Waals surface area contributed by atoms with E-state index in [0.29, 0.717) is 33.4 Å². The van der Waals surface area contributed by atoms with Gasteiger partial charge < -0.3 is 49.4 Å². The minimum absolute atomic E-state index is 0.0415. The highest BCUT2D eigenvalue weighted by Crippen LogP contribution is 2.53. The van der Waals surface area contributed by atoms with Crippen LogP contribution in [0.2, 0.25) is 0 Å². The Morgan fingerprint density at radius 3 is 2.76 bits per heavy atom. The van der Waals surface area contributed by atoms with Gasteiger partial charge in [0.15, 0.2) is 17.5 Å². The quantitative estimate of drug-likeness (QED) is 0.257. The SMILES string of the molecule is COc1cc2c3c(O)c(c4c(c3c1)C=C[C@H]1CCC[C@@H]41)C(=O)CN1Cc3c(cccc3C1=O)CC#CO[C@H]1[C@H](O)[C@@H](CO)O[C@@H](O2)[C@@]1(O)CO. The summed E-state index contributed by atoms with van der Waals surface area (Å²) in [5.41, 5.74) is 0.952. The summed E-state index contributed by atoms with van der Waals surface area (Å²) >= 11 is 0. The second kappa shape index (κ2) is 12.3. The van der Waals surface area contributed by atoms with Gasteiger partial charge in [-0.15, -0.1) is 0 Å². The first-order chi connectivity index (χ1) is 24.2. The first kappa shape index (κ1) is 32.6. The lowest BCUT2D eigenvalue weighted by Gasteiger charge is -2.47. The number of methoxy groups -OCH3 is 1. The topological polar surface area (TPSA) is 175 Å². The fourth-order valence-electron chi connectivity index (χ4n) is 8.39. The van der Waals surface area contributed by atoms with Crippen molar-refractivity contribution < 1.29 is 54.1 Å². The van der Waals surface area contributed by atoms with Crippen LogP contribution in [0.1, 0.15) is 68.2 Å². The summed E-state index contributed by atoms with van der Waals surface area (Å²) in [5, 5.41) is 56.6. The number of phenols is 1. The summed E-state index contributed by atoms with van der Waals surface area (Å²) < 4.78 is 23.5. The van der Waals surface area contributed by atoms with Crippen LogP contribution >= 0.6 is 0 Å². The van der Waals surface area contributed by atoms with Crippen LogP contribution in [0.5, 0.6) is 17.2 Å². The standard InChI is InChI=1S/C38H37NO11/c1-47-21-13-25-23-11-10-20-6-2-8-22(20)30(23)32-27(42)16-39-15-26-19(5-3-9-24(26)36(39)45)7-4-12-48-35-33(43)29(17-40)50-37(38(35,46)18-41)49-28(14-21)31(25)34(32)44/h3,5,9-11,13-14,20,22,29,33,35,37,40-41,43-44,46H,2,6-8,15-18H2,1H3/t20-,22-,29-,33-,35+,37-,38-/m1/s1. The van der Waals surface area contributed by atoms with E-state index in [0.717, 1.165) is 24.8 Å². The molecule has 2 aliphatic carbocycles. The number of carbonyl (C=O) groups is 2. The molecule has 0 radical (unpaired) electrons. The van der Waals surface area contributed by atoms with Crippen LogP contribution < -0.4 is 9.47 Å². The minimum atomic E-state index is -2.43. The fourth-order valence-corrected chi connectivity index (χ4v) is 8.39. The normalized spacial score (nSPS) is 29.7. The van der Waals surface area contributed by atoms with Crippen molar-refractivity contribution in [2.45, 2.75) is 68.3 Å². The minimum Gasteiger partial charge on any atom is -0.506 e. The number of allylic oxidation sites excluding steroid dienone is 1. The predicted octanol–water partition coefficient (Wildman–Crippen LogP) is 2.39. The Morgan fingerprint density at radius 1 is 1.14 bits per heavy atom. The number of aliphatic hydroxyl groups excluding tert-OH is 3. The average Bonchev–Trinajstić information content (AvgIpc) is 3.73. The molecule has 2 fully saturated rings. The molecule has 0 aromatic heterocycles. The van der Waals surface area contributed by atoms with Crippen LogP contribution in [-0.4, -0.2) is 99.2 Å². The molecular weight excluding hydrogens is 646 g/mol. The highest BCUT2D eigenvalue weighted by atomic mass is 16.7. The second-order valence-electron chi connectivity index (χ2n) is 13.6. The van der Waals surface area contributed by atoms with Gasteiger partial charge in [-0.2, -0.15) is 0 Å². The summed E-state index contributed by atoms with van der Waals surface area (Å²) in [6.45, 7) is -1.83. The largest absolute Gasteiger partial charge is 0.506 e. The van der Waals surface area contributed by atoms with Crippen LogP contribution in [-0.2, 0) is 22.4 Å². The first-order valence-electron chi connectivity index (χ1n) is 16.8. The number of phenolic OH excluding ortho intramolecular Hbond substituents is 1. The van der Waals surface area contributed by atoms with E-state index < -0.39 is 49.2 Å². The summed E-state index contributed by atoms with van der Waals surface area (Å²) in [4.78, 5) is 29.7. The number of aromatic hydroxyl groups is 1. The Bertz CT molecular complexity index is 2010. The molecule has 0 spiro atoms. The van der Waals surface area contributed by atoms with Crippen LogP contribution in [0.4, 0.5) is 0 Å². The van der Waals surface area contributed by atoms with Crippen molar-refractivity contribution in [3.63, 3.8) is 0 Å². The van der Waals surface area contributed by atoms with Crippen molar-refractivity contribution in [1.82, 2.24) is 4.90 Å². The Morgan fingerprint density at radius 2 is 1.98 bits per heavy atom. The number of fused-ring (bicyclic) bond motifs is 9. The number of rotatable bonds is 3. The van der Waals surface area contributed by atoms with Crippen molar-refractivity contribution in [1.29, 1.82) is 0 Å². The number of benzene rings is 3. The lowest BCUT2D eigenvalue weighted by atomic mass is 9.76. The molecular formula is C38H37NO11. The zero-order valence-corrected chi connectivity index (χ0v) is 27.3. The van der Waals surface area contributed by atoms with Gasteiger partial charge in [0, 0.05) is 30.0 Å². The van der Waals surface area contributed by atoms with Gasteiger partial charge in [-0.05, 0) is 59.1 Å². The monoisotopic (exact) mass is 683 g/mol. The number of Topliss-reactive ketones (excluding diaryl/α,β-unsaturated/α-hetero) is 1. The number of hydrogen-bond acceptors (Lipinski definition) is 11. The number of nitrogens with zero attached hydrogens (tertiary/aromatic N) is 1. The van der Waals surface area contributed by atoms with E-state index in [-0.39, 0.29) is 59.7 Å². The van der Waals surface area contributed by atoms with Crippen LogP contribution in [0.3, 0.4) is 0 Å². The summed E-state index contributed by atoms with van der Waals surface area (Å²) in [7, 11) is 1.46. The molecule has 1 saturated heterocycles. The Balaban J connectivity index is 1.38. The number of ether oxygens (including phenoxy) is 4. The maximum absolute atomic E-state index is 14.5. The molecule has 7 atom stereocenters. The molecule has 3 aliphatic heterocycles. The van der Waals surface area contributed by atoms with Gasteiger partial charge in [-0.1, -0.05) is 36.6 Å². The Labute approximate surface area is 287 Å². The van der Waals surface area contributed by atoms with E-state index in [1.165, 1.54) is 18.1 Å². The van der Waals surface area contributed by atoms with Crippen LogP contribution in [0.15, 0.2) is 36.4 Å². The molecule has 8 rings (SSSR count). The molecule has 0 unspecified atom stereocenters. The molecule has 3 aromatic rings. The molecule has 6 bridgehead atoms. The average molecular weight is 684 g/mol. The predicted molar refractivity (Wildman–Crippen MR) is 178 cm³/mol. The number of hydrogen-bond donors (Lipinski definition) is 5. The highest BCUT2D eigenvalue weighted by Gasteiger charge is 2.58. The zero-order valence-electron chi connectivity index (χ0n) is 27.3. The lowest BCUT2D eigenvalue weighted by Crippen LogP contribution is -2.70. The number of carbonyl (C=O) groups excluding carboxylic acids is 2. The Hall–Kier alpha value is -4.64. The third-order valence-corrected chi connectivity index (χ3v) is 10.9. The van der Waals surface area contributed by atoms with Gasteiger partial charge in [0.05, 0.1) is 37.8 Å². The molecule has 1 saturated carbocycles. The maximum Gasteiger partial charge on any atom is 0.254 e. The molecule has 5 N–H and O–H groups in total. The van der Waals surface area contributed by atoms with E-state index >= 15 is 0 Å². The van der Waals surface area contributed by atoms with Gasteiger partial charge in [0.25, 0.3) is 5.91 Å². The maximum atomic E-state index is 14.5. The molecule has 50 heavy (non-hydrogen) atoms. The molecule has 1 amide bonds. The van der Waals surface area contributed by atoms with Crippen molar-refractivity contribution in [2.24, 2.45) is 5.92 Å². The number of aliphatic hydroxyl groups is 4. The molecule has 260 valence electrons. The van der Waals surface area contributed by atoms with Gasteiger partial charge >= 0.3 is 0 Å². The van der Waals surface area contributed by atoms with Crippen molar-refractivity contribution in [3.05, 3.63) is 69.8 Å². The molecule has 3 heterocycles. The smallest absolute Gasteiger partial charge is 0.254 e. The van der Waals surface area contributed by atoms with Crippen molar-refractivity contribution in [2.75, 3.05) is 26.9 Å². The highest BCUT2D eigenvalue weighted by molar-refractivity contribution is 6.13. The van der Waals surface area contributed by atoms with E-state index in [4.69, 9.17) is 18.9 Å². The Kier molecular flexibility index (Phi) is 8.01. The number of ketones is 1. The van der Waals surface area contributed by atoms with Gasteiger partial charge in [-0.3, -0.25) is 9.59 Å².